The number of hydrogen-bond donors (Lipinski definition) is 1. The van der Waals surface area contributed by atoms with Gasteiger partial charge in [-0.1, -0.05) is 42.8 Å². The van der Waals surface area contributed by atoms with Crippen molar-refractivity contribution < 1.29 is 29.0 Å². The molecule has 0 saturated carbocycles. The normalized spacial score (nSPS) is 34.2. The second-order valence-corrected chi connectivity index (χ2v) is 9.83. The molecule has 1 aromatic carbocycles. The number of rotatable bonds is 4. The second kappa shape index (κ2) is 9.41. The Morgan fingerprint density at radius 1 is 1.17 bits per heavy atom. The topological polar surface area (TPSA) is 96.4 Å². The first kappa shape index (κ1) is 24.0. The molecule has 1 N–H and O–H groups in total. The van der Waals surface area contributed by atoms with Crippen LogP contribution in [0.1, 0.15) is 26.2 Å². The van der Waals surface area contributed by atoms with Crippen molar-refractivity contribution in [2.24, 2.45) is 11.8 Å². The third-order valence-electron chi connectivity index (χ3n) is 7.50. The molecule has 0 aliphatic carbocycles. The molecule has 0 aromatic heterocycles. The number of benzene rings is 1. The quantitative estimate of drug-likeness (QED) is 0.504. The molecule has 186 valence electrons. The lowest BCUT2D eigenvalue weighted by atomic mass is 9.78. The molecule has 1 aromatic rings. The Labute approximate surface area is 209 Å². The summed E-state index contributed by atoms with van der Waals surface area (Å²) in [5.41, 5.74) is -0.718. The Bertz CT molecular complexity index is 1070. The molecule has 2 fully saturated rings. The SMILES string of the molecule is CC[C@@H](CO)N1C(=O)[C@@H]2[C@@H]3C(=O)OCCC/C=C\[C@@H]3O[C@@]23C=CCN(c2ccc(Cl)cc2)C(=O)C13. The first-order valence-electron chi connectivity index (χ1n) is 12.1. The van der Waals surface area contributed by atoms with Crippen LogP contribution in [0.3, 0.4) is 0 Å². The van der Waals surface area contributed by atoms with E-state index in [4.69, 9.17) is 21.1 Å². The maximum Gasteiger partial charge on any atom is 0.312 e. The predicted octanol–water partition coefficient (Wildman–Crippen LogP) is 2.49. The standard InChI is InChI=1S/C26H29ClN2O6/c1-2-17(15-30)29-22-24(32)28(18-10-8-16(27)9-11-18)13-6-12-26(22)21(23(29)31)20-19(35-26)7-4-3-5-14-34-25(20)33/h4,6-12,17,19-22,30H,2-3,5,13-15H2,1H3/b7-4-/t17-,19-,20+,21-,22?,26-/m0/s1. The summed E-state index contributed by atoms with van der Waals surface area (Å²) < 4.78 is 12.1. The highest BCUT2D eigenvalue weighted by molar-refractivity contribution is 6.30. The van der Waals surface area contributed by atoms with E-state index in [0.717, 1.165) is 6.42 Å². The Balaban J connectivity index is 1.64. The number of ether oxygens (including phenoxy) is 2. The summed E-state index contributed by atoms with van der Waals surface area (Å²) in [5.74, 6) is -3.00. The van der Waals surface area contributed by atoms with Crippen LogP contribution < -0.4 is 4.90 Å². The van der Waals surface area contributed by atoms with E-state index in [0.29, 0.717) is 23.6 Å². The summed E-state index contributed by atoms with van der Waals surface area (Å²) in [6.07, 6.45) is 8.53. The van der Waals surface area contributed by atoms with Crippen LogP contribution in [0.25, 0.3) is 0 Å². The van der Waals surface area contributed by atoms with Crippen LogP contribution in [-0.2, 0) is 23.9 Å². The highest BCUT2D eigenvalue weighted by atomic mass is 35.5. The van der Waals surface area contributed by atoms with E-state index >= 15 is 0 Å². The molecule has 2 amide bonds. The summed E-state index contributed by atoms with van der Waals surface area (Å²) in [6, 6.07) is 5.28. The number of carbonyl (C=O) groups excluding carboxylic acids is 3. The zero-order valence-corrected chi connectivity index (χ0v) is 20.3. The third kappa shape index (κ3) is 3.79. The highest BCUT2D eigenvalue weighted by Gasteiger charge is 2.72. The molecule has 2 saturated heterocycles. The van der Waals surface area contributed by atoms with Crippen molar-refractivity contribution in [3.63, 3.8) is 0 Å². The summed E-state index contributed by atoms with van der Waals surface area (Å²) in [6.45, 7) is 2.07. The van der Waals surface area contributed by atoms with E-state index < -0.39 is 41.6 Å². The van der Waals surface area contributed by atoms with Crippen molar-refractivity contribution in [1.29, 1.82) is 0 Å². The monoisotopic (exact) mass is 500 g/mol. The Morgan fingerprint density at radius 2 is 1.94 bits per heavy atom. The maximum absolute atomic E-state index is 14.2. The number of likely N-dealkylation sites (tertiary alicyclic amines) is 1. The highest BCUT2D eigenvalue weighted by Crippen LogP contribution is 2.54. The van der Waals surface area contributed by atoms with Gasteiger partial charge >= 0.3 is 5.97 Å². The van der Waals surface area contributed by atoms with Gasteiger partial charge in [-0.25, -0.2) is 0 Å². The molecule has 4 aliphatic heterocycles. The van der Waals surface area contributed by atoms with Crippen LogP contribution in [0.5, 0.6) is 0 Å². The number of allylic oxidation sites excluding steroid dienone is 1. The fourth-order valence-corrected chi connectivity index (χ4v) is 5.98. The third-order valence-corrected chi connectivity index (χ3v) is 7.75. The van der Waals surface area contributed by atoms with Gasteiger partial charge < -0.3 is 24.4 Å². The Hall–Kier alpha value is -2.68. The van der Waals surface area contributed by atoms with Crippen molar-refractivity contribution >= 4 is 35.1 Å². The molecule has 5 rings (SSSR count). The van der Waals surface area contributed by atoms with E-state index in [1.807, 2.05) is 25.2 Å². The average molecular weight is 501 g/mol. The van der Waals surface area contributed by atoms with E-state index in [9.17, 15) is 19.5 Å². The number of halogens is 1. The lowest BCUT2D eigenvalue weighted by Gasteiger charge is -2.38. The Morgan fingerprint density at radius 3 is 2.66 bits per heavy atom. The molecule has 4 heterocycles. The first-order chi connectivity index (χ1) is 16.9. The van der Waals surface area contributed by atoms with Gasteiger partial charge in [-0.15, -0.1) is 0 Å². The lowest BCUT2D eigenvalue weighted by Crippen LogP contribution is -2.58. The summed E-state index contributed by atoms with van der Waals surface area (Å²) in [5, 5.41) is 10.7. The largest absolute Gasteiger partial charge is 0.465 e. The zero-order chi connectivity index (χ0) is 24.7. The maximum atomic E-state index is 14.2. The molecule has 1 unspecified atom stereocenters. The van der Waals surface area contributed by atoms with Gasteiger partial charge in [0, 0.05) is 17.3 Å². The van der Waals surface area contributed by atoms with Crippen LogP contribution in [0.2, 0.25) is 5.02 Å². The van der Waals surface area contributed by atoms with Crippen LogP contribution in [0, 0.1) is 11.8 Å². The number of cyclic esters (lactones) is 1. The molecule has 4 aliphatic rings. The van der Waals surface area contributed by atoms with E-state index in [1.165, 1.54) is 4.90 Å². The lowest BCUT2D eigenvalue weighted by molar-refractivity contribution is -0.155. The number of fused-ring (bicyclic) bond motifs is 2. The van der Waals surface area contributed by atoms with Crippen molar-refractivity contribution in [2.45, 2.75) is 50.0 Å². The Kier molecular flexibility index (Phi) is 6.46. The average Bonchev–Trinajstić information content (AvgIpc) is 3.26. The van der Waals surface area contributed by atoms with Gasteiger partial charge in [0.1, 0.15) is 17.6 Å². The van der Waals surface area contributed by atoms with E-state index in [2.05, 4.69) is 0 Å². The van der Waals surface area contributed by atoms with Crippen LogP contribution in [-0.4, -0.2) is 71.3 Å². The molecule has 8 nitrogen and oxygen atoms in total. The molecular weight excluding hydrogens is 472 g/mol. The minimum atomic E-state index is -1.35. The van der Waals surface area contributed by atoms with Gasteiger partial charge in [0.25, 0.3) is 5.91 Å². The molecule has 35 heavy (non-hydrogen) atoms. The zero-order valence-electron chi connectivity index (χ0n) is 19.5. The number of aliphatic hydroxyl groups excluding tert-OH is 1. The van der Waals surface area contributed by atoms with Crippen molar-refractivity contribution in [2.75, 3.05) is 24.7 Å². The summed E-state index contributed by atoms with van der Waals surface area (Å²) in [4.78, 5) is 44.4. The van der Waals surface area contributed by atoms with E-state index in [-0.39, 0.29) is 31.6 Å². The molecule has 0 radical (unpaired) electrons. The second-order valence-electron chi connectivity index (χ2n) is 9.40. The van der Waals surface area contributed by atoms with Gasteiger partial charge in [-0.2, -0.15) is 0 Å². The molecule has 1 spiro atoms. The fourth-order valence-electron chi connectivity index (χ4n) is 5.85. The fraction of sp³-hybridized carbons (Fsp3) is 0.500. The van der Waals surface area contributed by atoms with Gasteiger partial charge in [-0.3, -0.25) is 14.4 Å². The van der Waals surface area contributed by atoms with E-state index in [1.54, 1.807) is 35.2 Å². The minimum Gasteiger partial charge on any atom is -0.465 e. The molecule has 9 heteroatoms. The summed E-state index contributed by atoms with van der Waals surface area (Å²) >= 11 is 6.06. The van der Waals surface area contributed by atoms with Gasteiger partial charge in [-0.05, 0) is 43.5 Å². The minimum absolute atomic E-state index is 0.265. The molecule has 0 bridgehead atoms. The number of aliphatic hydroxyl groups is 1. The number of carbonyl (C=O) groups is 3. The van der Waals surface area contributed by atoms with Crippen molar-refractivity contribution in [1.82, 2.24) is 4.90 Å². The number of hydrogen-bond acceptors (Lipinski definition) is 6. The van der Waals surface area contributed by atoms with Gasteiger partial charge in [0.15, 0.2) is 0 Å². The predicted molar refractivity (Wildman–Crippen MR) is 129 cm³/mol. The van der Waals surface area contributed by atoms with Crippen molar-refractivity contribution in [3.8, 4) is 0 Å². The van der Waals surface area contributed by atoms with Crippen LogP contribution >= 0.6 is 11.6 Å². The number of esters is 1. The van der Waals surface area contributed by atoms with Gasteiger partial charge in [0.2, 0.25) is 5.91 Å². The van der Waals surface area contributed by atoms with Gasteiger partial charge in [0.05, 0.1) is 31.3 Å². The number of anilines is 1. The number of amides is 2. The van der Waals surface area contributed by atoms with Crippen LogP contribution in [0.4, 0.5) is 5.69 Å². The van der Waals surface area contributed by atoms with Crippen LogP contribution in [0.15, 0.2) is 48.6 Å². The number of nitrogens with zero attached hydrogens (tertiary/aromatic N) is 2. The smallest absolute Gasteiger partial charge is 0.312 e. The molecular formula is C26H29ClN2O6. The summed E-state index contributed by atoms with van der Waals surface area (Å²) in [7, 11) is 0. The molecule has 6 atom stereocenters. The first-order valence-corrected chi connectivity index (χ1v) is 12.5. The van der Waals surface area contributed by atoms with Crippen molar-refractivity contribution in [3.05, 3.63) is 53.6 Å².